The Labute approximate surface area is 113 Å². The molecule has 104 valence electrons. The van der Waals surface area contributed by atoms with E-state index in [-0.39, 0.29) is 18.4 Å². The number of ether oxygens (including phenoxy) is 1. The lowest BCUT2D eigenvalue weighted by molar-refractivity contribution is -0.124. The Kier molecular flexibility index (Phi) is 4.76. The second kappa shape index (κ2) is 6.54. The molecule has 1 aliphatic heterocycles. The second-order valence-corrected chi connectivity index (χ2v) is 4.69. The van der Waals surface area contributed by atoms with Crippen LogP contribution in [-0.4, -0.2) is 37.8 Å². The Bertz CT molecular complexity index is 430. The molecule has 0 spiro atoms. The van der Waals surface area contributed by atoms with E-state index < -0.39 is 6.10 Å². The van der Waals surface area contributed by atoms with Crippen LogP contribution in [-0.2, 0) is 4.79 Å². The molecule has 1 fully saturated rings. The third kappa shape index (κ3) is 3.45. The first kappa shape index (κ1) is 13.8. The minimum atomic E-state index is -0.755. The van der Waals surface area contributed by atoms with E-state index in [0.717, 1.165) is 19.5 Å². The average Bonchev–Trinajstić information content (AvgIpc) is 2.98. The first-order valence-corrected chi connectivity index (χ1v) is 6.51. The van der Waals surface area contributed by atoms with Crippen LogP contribution in [0.2, 0.25) is 0 Å². The molecule has 1 saturated heterocycles. The molecule has 0 aliphatic carbocycles. The van der Waals surface area contributed by atoms with Crippen LogP contribution < -0.4 is 15.4 Å². The summed E-state index contributed by atoms with van der Waals surface area (Å²) in [4.78, 5) is 11.8. The monoisotopic (exact) mass is 264 g/mol. The first-order chi connectivity index (χ1) is 9.22. The molecule has 0 radical (unpaired) electrons. The zero-order valence-electron chi connectivity index (χ0n) is 11.1. The van der Waals surface area contributed by atoms with Gasteiger partial charge >= 0.3 is 0 Å². The molecule has 1 aliphatic rings. The lowest BCUT2D eigenvalue weighted by Crippen LogP contribution is -2.34. The molecule has 5 heteroatoms. The number of para-hydroxylation sites is 1. The Hall–Kier alpha value is -1.59. The fourth-order valence-corrected chi connectivity index (χ4v) is 2.27. The topological polar surface area (TPSA) is 70.6 Å². The maximum Gasteiger partial charge on any atom is 0.224 e. The molecule has 1 aromatic carbocycles. The largest absolute Gasteiger partial charge is 0.496 e. The van der Waals surface area contributed by atoms with Crippen molar-refractivity contribution in [2.24, 2.45) is 5.92 Å². The number of hydrogen-bond acceptors (Lipinski definition) is 4. The minimum absolute atomic E-state index is 0.000974. The third-order valence-corrected chi connectivity index (χ3v) is 3.40. The Morgan fingerprint density at radius 1 is 1.58 bits per heavy atom. The maximum atomic E-state index is 11.8. The number of nitrogens with one attached hydrogen (secondary N) is 2. The lowest BCUT2D eigenvalue weighted by Gasteiger charge is -2.16. The van der Waals surface area contributed by atoms with Crippen molar-refractivity contribution in [1.29, 1.82) is 0 Å². The molecule has 2 unspecified atom stereocenters. The number of aliphatic hydroxyl groups excluding tert-OH is 1. The van der Waals surface area contributed by atoms with E-state index in [9.17, 15) is 9.90 Å². The predicted molar refractivity (Wildman–Crippen MR) is 71.9 cm³/mol. The van der Waals surface area contributed by atoms with Gasteiger partial charge in [0.2, 0.25) is 5.91 Å². The van der Waals surface area contributed by atoms with Crippen molar-refractivity contribution < 1.29 is 14.6 Å². The van der Waals surface area contributed by atoms with E-state index in [2.05, 4.69) is 10.6 Å². The highest BCUT2D eigenvalue weighted by Crippen LogP contribution is 2.24. The van der Waals surface area contributed by atoms with Gasteiger partial charge in [0.25, 0.3) is 0 Å². The minimum Gasteiger partial charge on any atom is -0.496 e. The summed E-state index contributed by atoms with van der Waals surface area (Å²) in [5.74, 6) is 0.649. The predicted octanol–water partition coefficient (Wildman–Crippen LogP) is 0.454. The highest BCUT2D eigenvalue weighted by atomic mass is 16.5. The second-order valence-electron chi connectivity index (χ2n) is 4.69. The highest BCUT2D eigenvalue weighted by Gasteiger charge is 2.23. The summed E-state index contributed by atoms with van der Waals surface area (Å²) in [5, 5.41) is 16.1. The standard InChI is InChI=1S/C14H20N2O3/c1-19-13-5-3-2-4-11(13)12(17)9-16-14(18)10-6-7-15-8-10/h2-5,10,12,15,17H,6-9H2,1H3,(H,16,18). The summed E-state index contributed by atoms with van der Waals surface area (Å²) in [6.07, 6.45) is 0.103. The summed E-state index contributed by atoms with van der Waals surface area (Å²) in [6, 6.07) is 7.27. The number of hydrogen-bond donors (Lipinski definition) is 3. The molecule has 1 aromatic rings. The van der Waals surface area contributed by atoms with Gasteiger partial charge in [0, 0.05) is 18.7 Å². The van der Waals surface area contributed by atoms with Gasteiger partial charge in [0.15, 0.2) is 0 Å². The van der Waals surface area contributed by atoms with Gasteiger partial charge in [-0.3, -0.25) is 4.79 Å². The zero-order valence-corrected chi connectivity index (χ0v) is 11.1. The number of benzene rings is 1. The van der Waals surface area contributed by atoms with E-state index in [1.807, 2.05) is 12.1 Å². The van der Waals surface area contributed by atoms with Crippen LogP contribution in [0.4, 0.5) is 0 Å². The normalized spacial score (nSPS) is 20.0. The van der Waals surface area contributed by atoms with Gasteiger partial charge in [-0.25, -0.2) is 0 Å². The molecule has 0 aromatic heterocycles. The molecular weight excluding hydrogens is 244 g/mol. The van der Waals surface area contributed by atoms with E-state index in [1.54, 1.807) is 19.2 Å². The molecule has 0 bridgehead atoms. The van der Waals surface area contributed by atoms with Crippen LogP contribution in [0.25, 0.3) is 0 Å². The van der Waals surface area contributed by atoms with Crippen molar-refractivity contribution in [3.05, 3.63) is 29.8 Å². The van der Waals surface area contributed by atoms with Crippen LogP contribution in [0.15, 0.2) is 24.3 Å². The number of amides is 1. The van der Waals surface area contributed by atoms with E-state index in [0.29, 0.717) is 11.3 Å². The molecule has 19 heavy (non-hydrogen) atoms. The van der Waals surface area contributed by atoms with Crippen molar-refractivity contribution >= 4 is 5.91 Å². The van der Waals surface area contributed by atoms with E-state index in [1.165, 1.54) is 0 Å². The fraction of sp³-hybridized carbons (Fsp3) is 0.500. The SMILES string of the molecule is COc1ccccc1C(O)CNC(=O)C1CCNC1. The number of methoxy groups -OCH3 is 1. The maximum absolute atomic E-state index is 11.8. The molecule has 2 rings (SSSR count). The summed E-state index contributed by atoms with van der Waals surface area (Å²) < 4.78 is 5.19. The van der Waals surface area contributed by atoms with Crippen molar-refractivity contribution in [1.82, 2.24) is 10.6 Å². The molecule has 3 N–H and O–H groups in total. The first-order valence-electron chi connectivity index (χ1n) is 6.51. The van der Waals surface area contributed by atoms with Gasteiger partial charge < -0.3 is 20.5 Å². The van der Waals surface area contributed by atoms with E-state index >= 15 is 0 Å². The fourth-order valence-electron chi connectivity index (χ4n) is 2.27. The van der Waals surface area contributed by atoms with Crippen molar-refractivity contribution in [2.45, 2.75) is 12.5 Å². The number of carbonyl (C=O) groups is 1. The average molecular weight is 264 g/mol. The van der Waals surface area contributed by atoms with Crippen LogP contribution in [0.1, 0.15) is 18.1 Å². The molecule has 1 heterocycles. The van der Waals surface area contributed by atoms with E-state index in [4.69, 9.17) is 4.74 Å². The van der Waals surface area contributed by atoms with Crippen molar-refractivity contribution in [3.63, 3.8) is 0 Å². The molecule has 2 atom stereocenters. The molecule has 0 saturated carbocycles. The van der Waals surface area contributed by atoms with Gasteiger partial charge in [-0.1, -0.05) is 18.2 Å². The summed E-state index contributed by atoms with van der Waals surface area (Å²) in [7, 11) is 1.56. The number of aliphatic hydroxyl groups is 1. The van der Waals surface area contributed by atoms with Crippen LogP contribution in [0, 0.1) is 5.92 Å². The van der Waals surface area contributed by atoms with Crippen LogP contribution in [0.3, 0.4) is 0 Å². The zero-order chi connectivity index (χ0) is 13.7. The summed E-state index contributed by atoms with van der Waals surface area (Å²) in [6.45, 7) is 1.81. The molecule has 5 nitrogen and oxygen atoms in total. The lowest BCUT2D eigenvalue weighted by atomic mass is 10.1. The van der Waals surface area contributed by atoms with Gasteiger partial charge in [0.1, 0.15) is 5.75 Å². The Morgan fingerprint density at radius 2 is 2.37 bits per heavy atom. The van der Waals surface area contributed by atoms with Crippen LogP contribution >= 0.6 is 0 Å². The molecular formula is C14H20N2O3. The number of carbonyl (C=O) groups excluding carboxylic acids is 1. The van der Waals surface area contributed by atoms with Crippen molar-refractivity contribution in [3.8, 4) is 5.75 Å². The summed E-state index contributed by atoms with van der Waals surface area (Å²) >= 11 is 0. The van der Waals surface area contributed by atoms with Gasteiger partial charge in [-0.05, 0) is 19.0 Å². The van der Waals surface area contributed by atoms with Crippen LogP contribution in [0.5, 0.6) is 5.75 Å². The van der Waals surface area contributed by atoms with Crippen molar-refractivity contribution in [2.75, 3.05) is 26.7 Å². The highest BCUT2D eigenvalue weighted by molar-refractivity contribution is 5.79. The van der Waals surface area contributed by atoms with Gasteiger partial charge in [-0.2, -0.15) is 0 Å². The third-order valence-electron chi connectivity index (χ3n) is 3.40. The molecule has 1 amide bonds. The summed E-state index contributed by atoms with van der Waals surface area (Å²) in [5.41, 5.74) is 0.690. The Balaban J connectivity index is 1.89. The van der Waals surface area contributed by atoms with Gasteiger partial charge in [0.05, 0.1) is 19.1 Å². The quantitative estimate of drug-likeness (QED) is 0.722. The number of rotatable bonds is 5. The Morgan fingerprint density at radius 3 is 3.05 bits per heavy atom. The smallest absolute Gasteiger partial charge is 0.224 e. The van der Waals surface area contributed by atoms with Gasteiger partial charge in [-0.15, -0.1) is 0 Å².